The van der Waals surface area contributed by atoms with Crippen LogP contribution in [0.15, 0.2) is 23.1 Å². The average molecular weight is 320 g/mol. The van der Waals surface area contributed by atoms with E-state index < -0.39 is 10.0 Å². The van der Waals surface area contributed by atoms with E-state index in [4.69, 9.17) is 16.3 Å². The summed E-state index contributed by atoms with van der Waals surface area (Å²) in [5.41, 5.74) is 0. The number of rotatable bonds is 8. The lowest BCUT2D eigenvalue weighted by Crippen LogP contribution is -2.32. The van der Waals surface area contributed by atoms with E-state index in [1.165, 1.54) is 10.4 Å². The molecule has 0 aromatic heterocycles. The van der Waals surface area contributed by atoms with E-state index in [-0.39, 0.29) is 4.90 Å². The molecule has 20 heavy (non-hydrogen) atoms. The van der Waals surface area contributed by atoms with Gasteiger partial charge in [0.2, 0.25) is 10.0 Å². The van der Waals surface area contributed by atoms with Crippen LogP contribution >= 0.6 is 11.6 Å². The van der Waals surface area contributed by atoms with Crippen LogP contribution in [0.3, 0.4) is 0 Å². The van der Waals surface area contributed by atoms with Gasteiger partial charge in [-0.2, -0.15) is 4.31 Å². The van der Waals surface area contributed by atoms with Crippen LogP contribution in [-0.2, 0) is 10.0 Å². The second-order valence-corrected chi connectivity index (χ2v) is 6.77. The monoisotopic (exact) mass is 319 g/mol. The Labute approximate surface area is 126 Å². The largest absolute Gasteiger partial charge is 0.492 e. The van der Waals surface area contributed by atoms with Gasteiger partial charge >= 0.3 is 0 Å². The second-order valence-electron chi connectivity index (χ2n) is 4.43. The number of ether oxygens (including phenoxy) is 1. The number of nitrogens with zero attached hydrogens (tertiary/aromatic N) is 1. The summed E-state index contributed by atoms with van der Waals surface area (Å²) in [6.45, 7) is 7.13. The zero-order valence-electron chi connectivity index (χ0n) is 12.2. The second kappa shape index (κ2) is 7.86. The van der Waals surface area contributed by atoms with Crippen LogP contribution in [0.5, 0.6) is 5.75 Å². The number of sulfonamides is 1. The molecule has 1 aromatic carbocycles. The first kappa shape index (κ1) is 17.3. The predicted molar refractivity (Wildman–Crippen MR) is 82.0 cm³/mol. The van der Waals surface area contributed by atoms with E-state index in [0.717, 1.165) is 12.8 Å². The highest BCUT2D eigenvalue weighted by molar-refractivity contribution is 7.89. The topological polar surface area (TPSA) is 46.6 Å². The molecule has 1 aromatic rings. The van der Waals surface area contributed by atoms with Crippen LogP contribution in [0, 0.1) is 0 Å². The van der Waals surface area contributed by atoms with Crippen LogP contribution in [0.1, 0.15) is 33.6 Å². The lowest BCUT2D eigenvalue weighted by Gasteiger charge is -2.22. The van der Waals surface area contributed by atoms with Crippen molar-refractivity contribution >= 4 is 21.6 Å². The molecule has 0 aliphatic rings. The molecule has 0 radical (unpaired) electrons. The van der Waals surface area contributed by atoms with Gasteiger partial charge in [0, 0.05) is 18.1 Å². The quantitative estimate of drug-likeness (QED) is 0.736. The van der Waals surface area contributed by atoms with Gasteiger partial charge in [-0.15, -0.1) is 0 Å². The highest BCUT2D eigenvalue weighted by atomic mass is 35.5. The Morgan fingerprint density at radius 2 is 1.75 bits per heavy atom. The van der Waals surface area contributed by atoms with Crippen molar-refractivity contribution in [2.75, 3.05) is 19.7 Å². The molecule has 0 spiro atoms. The first-order valence-corrected chi connectivity index (χ1v) is 8.71. The fourth-order valence-electron chi connectivity index (χ4n) is 1.95. The maximum absolute atomic E-state index is 12.7. The van der Waals surface area contributed by atoms with E-state index in [1.54, 1.807) is 12.1 Å². The minimum absolute atomic E-state index is 0.147. The summed E-state index contributed by atoms with van der Waals surface area (Å²) in [7, 11) is -3.58. The maximum atomic E-state index is 12.7. The molecule has 0 amide bonds. The molecule has 0 atom stereocenters. The minimum Gasteiger partial charge on any atom is -0.492 e. The number of hydrogen-bond acceptors (Lipinski definition) is 3. The van der Waals surface area contributed by atoms with E-state index in [9.17, 15) is 8.42 Å². The Balaban J connectivity index is 3.27. The molecule has 0 saturated carbocycles. The van der Waals surface area contributed by atoms with Crippen LogP contribution in [0.2, 0.25) is 5.02 Å². The Bertz CT molecular complexity index is 525. The van der Waals surface area contributed by atoms with Gasteiger partial charge < -0.3 is 4.74 Å². The van der Waals surface area contributed by atoms with Crippen molar-refractivity contribution in [2.45, 2.75) is 38.5 Å². The van der Waals surface area contributed by atoms with Crippen molar-refractivity contribution in [3.8, 4) is 5.75 Å². The third-order valence-electron chi connectivity index (χ3n) is 2.77. The van der Waals surface area contributed by atoms with E-state index in [1.807, 2.05) is 20.8 Å². The molecule has 0 fully saturated rings. The first-order valence-electron chi connectivity index (χ1n) is 6.89. The summed E-state index contributed by atoms with van der Waals surface area (Å²) in [5.74, 6) is 0.356. The smallest absolute Gasteiger partial charge is 0.246 e. The SMILES string of the molecule is CCCN(CCC)S(=O)(=O)c1cc(Cl)ccc1OCC. The lowest BCUT2D eigenvalue weighted by atomic mass is 10.3. The predicted octanol–water partition coefficient (Wildman–Crippen LogP) is 3.55. The lowest BCUT2D eigenvalue weighted by molar-refractivity contribution is 0.328. The fourth-order valence-corrected chi connectivity index (χ4v) is 3.97. The van der Waals surface area contributed by atoms with E-state index >= 15 is 0 Å². The third-order valence-corrected chi connectivity index (χ3v) is 4.92. The molecule has 114 valence electrons. The number of hydrogen-bond donors (Lipinski definition) is 0. The average Bonchev–Trinajstić information content (AvgIpc) is 2.40. The Hall–Kier alpha value is -0.780. The molecular weight excluding hydrogens is 298 g/mol. The highest BCUT2D eigenvalue weighted by Gasteiger charge is 2.27. The molecule has 1 rings (SSSR count). The van der Waals surface area contributed by atoms with Crippen LogP contribution in [0.4, 0.5) is 0 Å². The normalized spacial score (nSPS) is 11.8. The molecule has 0 unspecified atom stereocenters. The molecule has 0 N–H and O–H groups in total. The van der Waals surface area contributed by atoms with Crippen molar-refractivity contribution in [3.05, 3.63) is 23.2 Å². The van der Waals surface area contributed by atoms with Crippen molar-refractivity contribution in [2.24, 2.45) is 0 Å². The molecule has 0 aliphatic carbocycles. The van der Waals surface area contributed by atoms with Gasteiger partial charge in [-0.1, -0.05) is 25.4 Å². The van der Waals surface area contributed by atoms with Crippen LogP contribution in [0.25, 0.3) is 0 Å². The van der Waals surface area contributed by atoms with Crippen molar-refractivity contribution in [1.29, 1.82) is 0 Å². The Morgan fingerprint density at radius 1 is 1.15 bits per heavy atom. The molecular formula is C14H22ClNO3S. The van der Waals surface area contributed by atoms with Crippen LogP contribution in [-0.4, -0.2) is 32.4 Å². The van der Waals surface area contributed by atoms with Gasteiger partial charge in [0.05, 0.1) is 6.61 Å². The summed E-state index contributed by atoms with van der Waals surface area (Å²) in [5, 5.41) is 0.389. The Morgan fingerprint density at radius 3 is 2.25 bits per heavy atom. The van der Waals surface area contributed by atoms with Gasteiger partial charge in [0.15, 0.2) is 0 Å². The summed E-state index contributed by atoms with van der Waals surface area (Å²) in [4.78, 5) is 0.147. The fraction of sp³-hybridized carbons (Fsp3) is 0.571. The number of benzene rings is 1. The maximum Gasteiger partial charge on any atom is 0.246 e. The molecule has 0 bridgehead atoms. The molecule has 0 heterocycles. The van der Waals surface area contributed by atoms with Gasteiger partial charge in [0.1, 0.15) is 10.6 Å². The zero-order valence-corrected chi connectivity index (χ0v) is 13.8. The third kappa shape index (κ3) is 4.11. The first-order chi connectivity index (χ1) is 9.47. The molecule has 4 nitrogen and oxygen atoms in total. The van der Waals surface area contributed by atoms with Gasteiger partial charge in [-0.05, 0) is 38.0 Å². The molecule has 6 heteroatoms. The summed E-state index contributed by atoms with van der Waals surface area (Å²) in [6.07, 6.45) is 1.54. The molecule has 0 saturated heterocycles. The van der Waals surface area contributed by atoms with E-state index in [2.05, 4.69) is 0 Å². The van der Waals surface area contributed by atoms with Gasteiger partial charge in [0.25, 0.3) is 0 Å². The summed E-state index contributed by atoms with van der Waals surface area (Å²) in [6, 6.07) is 4.70. The Kier molecular flexibility index (Phi) is 6.79. The zero-order chi connectivity index (χ0) is 15.2. The summed E-state index contributed by atoms with van der Waals surface area (Å²) < 4.78 is 32.4. The van der Waals surface area contributed by atoms with Gasteiger partial charge in [-0.3, -0.25) is 0 Å². The highest BCUT2D eigenvalue weighted by Crippen LogP contribution is 2.30. The van der Waals surface area contributed by atoms with Crippen LogP contribution < -0.4 is 4.74 Å². The standard InChI is InChI=1S/C14H22ClNO3S/c1-4-9-16(10-5-2)20(17,18)14-11-12(15)7-8-13(14)19-6-3/h7-8,11H,4-6,9-10H2,1-3H3. The summed E-state index contributed by atoms with van der Waals surface area (Å²) >= 11 is 5.94. The van der Waals surface area contributed by atoms with Crippen molar-refractivity contribution < 1.29 is 13.2 Å². The van der Waals surface area contributed by atoms with Crippen molar-refractivity contribution in [1.82, 2.24) is 4.31 Å². The van der Waals surface area contributed by atoms with Gasteiger partial charge in [-0.25, -0.2) is 8.42 Å². The van der Waals surface area contributed by atoms with Crippen molar-refractivity contribution in [3.63, 3.8) is 0 Å². The number of halogens is 1. The molecule has 0 aliphatic heterocycles. The van der Waals surface area contributed by atoms with E-state index in [0.29, 0.717) is 30.5 Å². The minimum atomic E-state index is -3.58.